The van der Waals surface area contributed by atoms with Crippen LogP contribution in [0.25, 0.3) is 0 Å². The van der Waals surface area contributed by atoms with Gasteiger partial charge in [0.1, 0.15) is 10.6 Å². The maximum Gasteiger partial charge on any atom is 0.244 e. The van der Waals surface area contributed by atoms with Crippen molar-refractivity contribution in [1.29, 1.82) is 0 Å². The van der Waals surface area contributed by atoms with Gasteiger partial charge in [-0.1, -0.05) is 0 Å². The van der Waals surface area contributed by atoms with Crippen molar-refractivity contribution in [3.63, 3.8) is 0 Å². The van der Waals surface area contributed by atoms with Crippen LogP contribution in [0.1, 0.15) is 25.8 Å². The molecule has 0 amide bonds. The summed E-state index contributed by atoms with van der Waals surface area (Å²) in [7, 11) is -3.67. The first-order chi connectivity index (χ1) is 9.94. The zero-order valence-electron chi connectivity index (χ0n) is 12.4. The third-order valence-electron chi connectivity index (χ3n) is 3.29. The highest BCUT2D eigenvalue weighted by molar-refractivity contribution is 7.89. The van der Waals surface area contributed by atoms with Gasteiger partial charge in [-0.05, 0) is 44.4 Å². The molecule has 1 aromatic carbocycles. The van der Waals surface area contributed by atoms with Crippen molar-refractivity contribution >= 4 is 15.7 Å². The van der Waals surface area contributed by atoms with Gasteiger partial charge in [-0.2, -0.15) is 0 Å². The van der Waals surface area contributed by atoms with Crippen LogP contribution in [0.5, 0.6) is 5.75 Å². The van der Waals surface area contributed by atoms with Crippen molar-refractivity contribution in [3.05, 3.63) is 17.7 Å². The summed E-state index contributed by atoms with van der Waals surface area (Å²) in [6.07, 6.45) is 1.45. The van der Waals surface area contributed by atoms with Gasteiger partial charge in [-0.15, -0.1) is 0 Å². The molecule has 0 saturated carbocycles. The van der Waals surface area contributed by atoms with Gasteiger partial charge in [0.25, 0.3) is 0 Å². The quantitative estimate of drug-likeness (QED) is 0.772. The number of anilines is 1. The Balaban J connectivity index is 2.25. The molecule has 0 radical (unpaired) electrons. The number of nitrogens with one attached hydrogen (secondary N) is 1. The summed E-state index contributed by atoms with van der Waals surface area (Å²) in [5.74, 6) is 0.423. The lowest BCUT2D eigenvalue weighted by Gasteiger charge is -2.21. The average Bonchev–Trinajstić information content (AvgIpc) is 2.44. The van der Waals surface area contributed by atoms with Crippen molar-refractivity contribution in [1.82, 2.24) is 4.72 Å². The second kappa shape index (κ2) is 6.64. The molecule has 1 atom stereocenters. The first kappa shape index (κ1) is 16.1. The molecule has 0 aromatic heterocycles. The van der Waals surface area contributed by atoms with E-state index >= 15 is 0 Å². The Hall–Kier alpha value is -1.31. The van der Waals surface area contributed by atoms with E-state index in [9.17, 15) is 8.42 Å². The molecule has 0 saturated heterocycles. The number of benzene rings is 1. The van der Waals surface area contributed by atoms with Crippen LogP contribution in [0.15, 0.2) is 17.0 Å². The number of rotatable bonds is 6. The van der Waals surface area contributed by atoms with Crippen molar-refractivity contribution in [2.75, 3.05) is 25.5 Å². The van der Waals surface area contributed by atoms with Crippen molar-refractivity contribution in [3.8, 4) is 5.75 Å². The third kappa shape index (κ3) is 3.87. The van der Waals surface area contributed by atoms with E-state index in [4.69, 9.17) is 15.2 Å². The predicted molar refractivity (Wildman–Crippen MR) is 80.9 cm³/mol. The summed E-state index contributed by atoms with van der Waals surface area (Å²) in [6, 6.07) is 3.22. The fraction of sp³-hybridized carbons (Fsp3) is 0.571. The van der Waals surface area contributed by atoms with Crippen LogP contribution in [0.4, 0.5) is 5.69 Å². The molecule has 0 aliphatic carbocycles. The Bertz CT molecular complexity index is 601. The summed E-state index contributed by atoms with van der Waals surface area (Å²) in [5.41, 5.74) is 7.09. The smallest absolute Gasteiger partial charge is 0.244 e. The van der Waals surface area contributed by atoms with Gasteiger partial charge < -0.3 is 15.2 Å². The molecule has 7 heteroatoms. The van der Waals surface area contributed by atoms with Crippen molar-refractivity contribution in [2.45, 2.75) is 37.7 Å². The summed E-state index contributed by atoms with van der Waals surface area (Å²) in [6.45, 7) is 4.96. The number of sulfonamides is 1. The Morgan fingerprint density at radius 2 is 2.24 bits per heavy atom. The van der Waals surface area contributed by atoms with Gasteiger partial charge in [-0.25, -0.2) is 13.1 Å². The van der Waals surface area contributed by atoms with E-state index in [2.05, 4.69) is 4.72 Å². The Labute approximate surface area is 125 Å². The van der Waals surface area contributed by atoms with Gasteiger partial charge in [0.2, 0.25) is 10.0 Å². The summed E-state index contributed by atoms with van der Waals surface area (Å²) in [5, 5.41) is 0. The number of nitrogen functional groups attached to an aromatic ring is 1. The minimum absolute atomic E-state index is 0.112. The Morgan fingerprint density at radius 3 is 2.95 bits per heavy atom. The lowest BCUT2D eigenvalue weighted by molar-refractivity contribution is 0.0799. The van der Waals surface area contributed by atoms with Crippen LogP contribution in [0.3, 0.4) is 0 Å². The summed E-state index contributed by atoms with van der Waals surface area (Å²) < 4.78 is 38.3. The SMILES string of the molecule is CCOC(C)CNS(=O)(=O)c1cc(N)cc2c1OCCC2. The topological polar surface area (TPSA) is 90.7 Å². The highest BCUT2D eigenvalue weighted by atomic mass is 32.2. The maximum atomic E-state index is 12.5. The van der Waals surface area contributed by atoms with Crippen LogP contribution in [-0.4, -0.2) is 34.3 Å². The number of hydrogen-bond acceptors (Lipinski definition) is 5. The molecular formula is C14H22N2O4S. The predicted octanol–water partition coefficient (Wildman–Crippen LogP) is 1.30. The van der Waals surface area contributed by atoms with E-state index in [1.165, 1.54) is 6.07 Å². The summed E-state index contributed by atoms with van der Waals surface area (Å²) >= 11 is 0. The van der Waals surface area contributed by atoms with E-state index in [0.29, 0.717) is 24.7 Å². The zero-order chi connectivity index (χ0) is 15.5. The molecule has 1 aromatic rings. The molecule has 1 unspecified atom stereocenters. The molecule has 1 aliphatic heterocycles. The van der Waals surface area contributed by atoms with Crippen molar-refractivity contribution in [2.24, 2.45) is 0 Å². The van der Waals surface area contributed by atoms with E-state index in [1.807, 2.05) is 13.8 Å². The minimum atomic E-state index is -3.67. The fourth-order valence-corrected chi connectivity index (χ4v) is 3.65. The summed E-state index contributed by atoms with van der Waals surface area (Å²) in [4.78, 5) is 0.112. The van der Waals surface area contributed by atoms with E-state index in [0.717, 1.165) is 18.4 Å². The van der Waals surface area contributed by atoms with Crippen molar-refractivity contribution < 1.29 is 17.9 Å². The molecule has 3 N–H and O–H groups in total. The number of aryl methyl sites for hydroxylation is 1. The maximum absolute atomic E-state index is 12.5. The molecule has 0 spiro atoms. The fourth-order valence-electron chi connectivity index (χ4n) is 2.32. The monoisotopic (exact) mass is 314 g/mol. The Kier molecular flexibility index (Phi) is 5.08. The molecule has 1 heterocycles. The van der Waals surface area contributed by atoms with Gasteiger partial charge >= 0.3 is 0 Å². The van der Waals surface area contributed by atoms with Crippen LogP contribution in [0.2, 0.25) is 0 Å². The standard InChI is InChI=1S/C14H22N2O4S/c1-3-19-10(2)9-16-21(17,18)13-8-12(15)7-11-5-4-6-20-14(11)13/h7-8,10,16H,3-6,9,15H2,1-2H3. The average molecular weight is 314 g/mol. The normalized spacial score (nSPS) is 16.1. The highest BCUT2D eigenvalue weighted by Gasteiger charge is 2.25. The first-order valence-electron chi connectivity index (χ1n) is 7.10. The lowest BCUT2D eigenvalue weighted by atomic mass is 10.1. The Morgan fingerprint density at radius 1 is 1.48 bits per heavy atom. The van der Waals surface area contributed by atoms with E-state index in [-0.39, 0.29) is 17.5 Å². The van der Waals surface area contributed by atoms with Gasteiger partial charge in [0.05, 0.1) is 12.7 Å². The van der Waals surface area contributed by atoms with Gasteiger partial charge in [-0.3, -0.25) is 0 Å². The number of fused-ring (bicyclic) bond motifs is 1. The van der Waals surface area contributed by atoms with E-state index in [1.54, 1.807) is 6.07 Å². The highest BCUT2D eigenvalue weighted by Crippen LogP contribution is 2.34. The number of ether oxygens (including phenoxy) is 2. The van der Waals surface area contributed by atoms with Crippen LogP contribution in [-0.2, 0) is 21.2 Å². The zero-order valence-corrected chi connectivity index (χ0v) is 13.2. The molecule has 0 fully saturated rings. The molecule has 118 valence electrons. The molecule has 21 heavy (non-hydrogen) atoms. The minimum Gasteiger partial charge on any atom is -0.492 e. The van der Waals surface area contributed by atoms with Gasteiger partial charge in [0, 0.05) is 18.8 Å². The molecule has 6 nitrogen and oxygen atoms in total. The first-order valence-corrected chi connectivity index (χ1v) is 8.59. The third-order valence-corrected chi connectivity index (χ3v) is 4.72. The molecule has 0 bridgehead atoms. The molecule has 2 rings (SSSR count). The lowest BCUT2D eigenvalue weighted by Crippen LogP contribution is -2.32. The second-order valence-corrected chi connectivity index (χ2v) is 6.81. The molecule has 1 aliphatic rings. The number of hydrogen-bond donors (Lipinski definition) is 2. The van der Waals surface area contributed by atoms with E-state index < -0.39 is 10.0 Å². The second-order valence-electron chi connectivity index (χ2n) is 5.08. The number of nitrogens with two attached hydrogens (primary N) is 1. The largest absolute Gasteiger partial charge is 0.492 e. The van der Waals surface area contributed by atoms with Crippen LogP contribution in [0, 0.1) is 0 Å². The van der Waals surface area contributed by atoms with Gasteiger partial charge in [0.15, 0.2) is 0 Å². The van der Waals surface area contributed by atoms with Crippen LogP contribution < -0.4 is 15.2 Å². The molecular weight excluding hydrogens is 292 g/mol. The van der Waals surface area contributed by atoms with Crippen LogP contribution >= 0.6 is 0 Å².